The van der Waals surface area contributed by atoms with Gasteiger partial charge in [0.25, 0.3) is 0 Å². The number of unbranched alkanes of at least 4 members (excludes halogenated alkanes) is 2. The lowest BCUT2D eigenvalue weighted by Crippen LogP contribution is -2.40. The van der Waals surface area contributed by atoms with Crippen molar-refractivity contribution < 1.29 is 4.79 Å². The van der Waals surface area contributed by atoms with Gasteiger partial charge in [-0.25, -0.2) is 0 Å². The summed E-state index contributed by atoms with van der Waals surface area (Å²) in [5, 5.41) is 11.3. The van der Waals surface area contributed by atoms with E-state index in [9.17, 15) is 4.79 Å². The fourth-order valence-corrected chi connectivity index (χ4v) is 1.78. The maximum Gasteiger partial charge on any atom is 0.230 e. The van der Waals surface area contributed by atoms with Gasteiger partial charge in [0.1, 0.15) is 0 Å². The number of nitrogens with two attached hydrogens (primary N) is 1. The summed E-state index contributed by atoms with van der Waals surface area (Å²) in [6.45, 7) is 4.39. The molecule has 0 spiro atoms. The van der Waals surface area contributed by atoms with E-state index in [1.807, 2.05) is 26.0 Å². The van der Waals surface area contributed by atoms with E-state index in [2.05, 4.69) is 11.4 Å². The molecule has 0 aliphatic carbocycles. The van der Waals surface area contributed by atoms with E-state index in [-0.39, 0.29) is 5.91 Å². The molecule has 4 heteroatoms. The molecule has 1 amide bonds. The minimum Gasteiger partial charge on any atom is -0.399 e. The number of carbonyl (C=O) groups excluding carboxylic acids is 1. The van der Waals surface area contributed by atoms with Crippen LogP contribution in [0.5, 0.6) is 0 Å². The summed E-state index contributed by atoms with van der Waals surface area (Å²) in [7, 11) is 0. The maximum atomic E-state index is 12.2. The first-order valence-corrected chi connectivity index (χ1v) is 6.49. The Balaban J connectivity index is 2.54. The van der Waals surface area contributed by atoms with Crippen molar-refractivity contribution in [2.75, 3.05) is 12.3 Å². The van der Waals surface area contributed by atoms with Crippen molar-refractivity contribution in [2.24, 2.45) is 0 Å². The van der Waals surface area contributed by atoms with E-state index in [0.717, 1.165) is 18.4 Å². The number of nitrogens with zero attached hydrogens (tertiary/aromatic N) is 1. The molecular formula is C15H21N3O. The van der Waals surface area contributed by atoms with Crippen LogP contribution in [0.15, 0.2) is 24.3 Å². The minimum absolute atomic E-state index is 0.00534. The van der Waals surface area contributed by atoms with E-state index in [1.54, 1.807) is 12.1 Å². The Kier molecular flexibility index (Phi) is 5.37. The summed E-state index contributed by atoms with van der Waals surface area (Å²) >= 11 is 0. The molecule has 0 bridgehead atoms. The number of nitrogens with one attached hydrogen (secondary N) is 1. The second-order valence-corrected chi connectivity index (χ2v) is 5.12. The molecule has 0 radical (unpaired) electrons. The maximum absolute atomic E-state index is 12.2. The molecule has 0 heterocycles. The molecule has 0 unspecified atom stereocenters. The normalized spacial score (nSPS) is 10.8. The first kappa shape index (κ1) is 15.0. The lowest BCUT2D eigenvalue weighted by molar-refractivity contribution is -0.125. The van der Waals surface area contributed by atoms with E-state index in [1.165, 1.54) is 0 Å². The second kappa shape index (κ2) is 6.79. The van der Waals surface area contributed by atoms with Gasteiger partial charge in [-0.3, -0.25) is 4.79 Å². The Morgan fingerprint density at radius 3 is 2.53 bits per heavy atom. The summed E-state index contributed by atoms with van der Waals surface area (Å²) in [5.41, 5.74) is 6.70. The SMILES string of the molecule is CC(C)(C(=O)NCCCCC#N)c1ccc(N)cc1. The molecule has 3 N–H and O–H groups in total. The van der Waals surface area contributed by atoms with Crippen LogP contribution in [0.4, 0.5) is 5.69 Å². The smallest absolute Gasteiger partial charge is 0.230 e. The van der Waals surface area contributed by atoms with Crippen molar-refractivity contribution in [1.82, 2.24) is 5.32 Å². The van der Waals surface area contributed by atoms with Crippen molar-refractivity contribution >= 4 is 11.6 Å². The zero-order valence-electron chi connectivity index (χ0n) is 11.6. The van der Waals surface area contributed by atoms with Gasteiger partial charge in [-0.2, -0.15) is 5.26 Å². The van der Waals surface area contributed by atoms with Gasteiger partial charge in [0.05, 0.1) is 11.5 Å². The molecular weight excluding hydrogens is 238 g/mol. The third-order valence-electron chi connectivity index (χ3n) is 3.20. The summed E-state index contributed by atoms with van der Waals surface area (Å²) in [6, 6.07) is 9.46. The molecule has 4 nitrogen and oxygen atoms in total. The zero-order chi connectivity index (χ0) is 14.3. The molecule has 0 aromatic heterocycles. The number of rotatable bonds is 6. The summed E-state index contributed by atoms with van der Waals surface area (Å²) in [4.78, 5) is 12.2. The van der Waals surface area contributed by atoms with Crippen LogP contribution in [0.1, 0.15) is 38.7 Å². The van der Waals surface area contributed by atoms with Gasteiger partial charge in [0.2, 0.25) is 5.91 Å². The summed E-state index contributed by atoms with van der Waals surface area (Å²) in [5.74, 6) is -0.00534. The van der Waals surface area contributed by atoms with Crippen LogP contribution in [0.2, 0.25) is 0 Å². The lowest BCUT2D eigenvalue weighted by atomic mass is 9.83. The summed E-state index contributed by atoms with van der Waals surface area (Å²) in [6.07, 6.45) is 2.19. The van der Waals surface area contributed by atoms with E-state index >= 15 is 0 Å². The molecule has 0 fully saturated rings. The van der Waals surface area contributed by atoms with E-state index in [4.69, 9.17) is 11.0 Å². The average molecular weight is 259 g/mol. The molecule has 19 heavy (non-hydrogen) atoms. The topological polar surface area (TPSA) is 78.9 Å². The quantitative estimate of drug-likeness (QED) is 0.608. The number of amides is 1. The number of benzene rings is 1. The van der Waals surface area contributed by atoms with Crippen molar-refractivity contribution in [1.29, 1.82) is 5.26 Å². The van der Waals surface area contributed by atoms with Gasteiger partial charge in [-0.15, -0.1) is 0 Å². The van der Waals surface area contributed by atoms with Crippen LogP contribution in [0, 0.1) is 11.3 Å². The number of nitriles is 1. The zero-order valence-corrected chi connectivity index (χ0v) is 11.6. The molecule has 102 valence electrons. The molecule has 0 saturated carbocycles. The number of hydrogen-bond donors (Lipinski definition) is 2. The first-order valence-electron chi connectivity index (χ1n) is 6.49. The molecule has 0 aliphatic rings. The van der Waals surface area contributed by atoms with Crippen molar-refractivity contribution in [3.63, 3.8) is 0 Å². The minimum atomic E-state index is -0.580. The highest BCUT2D eigenvalue weighted by Crippen LogP contribution is 2.24. The predicted molar refractivity (Wildman–Crippen MR) is 76.4 cm³/mol. The molecule has 0 aliphatic heterocycles. The molecule has 1 aromatic rings. The van der Waals surface area contributed by atoms with Gasteiger partial charge in [-0.05, 0) is 44.4 Å². The highest BCUT2D eigenvalue weighted by molar-refractivity contribution is 5.87. The second-order valence-electron chi connectivity index (χ2n) is 5.12. The van der Waals surface area contributed by atoms with Crippen LogP contribution >= 0.6 is 0 Å². The van der Waals surface area contributed by atoms with Crippen molar-refractivity contribution in [3.8, 4) is 6.07 Å². The number of carbonyl (C=O) groups is 1. The largest absolute Gasteiger partial charge is 0.399 e. The number of nitrogen functional groups attached to an aromatic ring is 1. The Morgan fingerprint density at radius 1 is 1.32 bits per heavy atom. The Morgan fingerprint density at radius 2 is 1.95 bits per heavy atom. The Bertz CT molecular complexity index is 457. The lowest BCUT2D eigenvalue weighted by Gasteiger charge is -2.24. The monoisotopic (exact) mass is 259 g/mol. The molecule has 0 saturated heterocycles. The van der Waals surface area contributed by atoms with E-state index < -0.39 is 5.41 Å². The average Bonchev–Trinajstić information content (AvgIpc) is 2.38. The van der Waals surface area contributed by atoms with Crippen molar-refractivity contribution in [2.45, 2.75) is 38.5 Å². The van der Waals surface area contributed by atoms with Crippen LogP contribution in [-0.2, 0) is 10.2 Å². The highest BCUT2D eigenvalue weighted by Gasteiger charge is 2.29. The Labute approximate surface area is 114 Å². The molecule has 1 aromatic carbocycles. The van der Waals surface area contributed by atoms with Crippen LogP contribution in [-0.4, -0.2) is 12.5 Å². The third-order valence-corrected chi connectivity index (χ3v) is 3.20. The van der Waals surface area contributed by atoms with Gasteiger partial charge < -0.3 is 11.1 Å². The number of hydrogen-bond acceptors (Lipinski definition) is 3. The standard InChI is InChI=1S/C15H21N3O/c1-15(2,12-6-8-13(17)9-7-12)14(19)18-11-5-3-4-10-16/h6-9H,3-5,11,17H2,1-2H3,(H,18,19). The van der Waals surface area contributed by atoms with E-state index in [0.29, 0.717) is 18.7 Å². The van der Waals surface area contributed by atoms with Crippen molar-refractivity contribution in [3.05, 3.63) is 29.8 Å². The Hall–Kier alpha value is -2.02. The van der Waals surface area contributed by atoms with Gasteiger partial charge in [-0.1, -0.05) is 12.1 Å². The third kappa shape index (κ3) is 4.29. The van der Waals surface area contributed by atoms with Gasteiger partial charge in [0.15, 0.2) is 0 Å². The van der Waals surface area contributed by atoms with Gasteiger partial charge >= 0.3 is 0 Å². The first-order chi connectivity index (χ1) is 8.98. The van der Waals surface area contributed by atoms with Crippen LogP contribution in [0.25, 0.3) is 0 Å². The number of anilines is 1. The van der Waals surface area contributed by atoms with Crippen LogP contribution < -0.4 is 11.1 Å². The summed E-state index contributed by atoms with van der Waals surface area (Å²) < 4.78 is 0. The fourth-order valence-electron chi connectivity index (χ4n) is 1.78. The van der Waals surface area contributed by atoms with Gasteiger partial charge in [0, 0.05) is 18.7 Å². The highest BCUT2D eigenvalue weighted by atomic mass is 16.2. The fraction of sp³-hybridized carbons (Fsp3) is 0.467. The van der Waals surface area contributed by atoms with Crippen LogP contribution in [0.3, 0.4) is 0 Å². The molecule has 0 atom stereocenters. The molecule has 1 rings (SSSR count). The predicted octanol–water partition coefficient (Wildman–Crippen LogP) is 2.36.